The van der Waals surface area contributed by atoms with E-state index in [1.165, 1.54) is 0 Å². The summed E-state index contributed by atoms with van der Waals surface area (Å²) in [6, 6.07) is 14.5. The van der Waals surface area contributed by atoms with Crippen LogP contribution < -0.4 is 5.32 Å². The van der Waals surface area contributed by atoms with Crippen molar-refractivity contribution < 1.29 is 24.2 Å². The van der Waals surface area contributed by atoms with Crippen LogP contribution in [-0.2, 0) is 25.5 Å². The molecule has 0 radical (unpaired) electrons. The van der Waals surface area contributed by atoms with Gasteiger partial charge in [0.1, 0.15) is 0 Å². The van der Waals surface area contributed by atoms with Crippen LogP contribution in [0, 0.1) is 0 Å². The zero-order valence-electron chi connectivity index (χ0n) is 15.9. The molecule has 0 unspecified atom stereocenters. The Morgan fingerprint density at radius 2 is 1.83 bits per heavy atom. The molecular formula is C22H22ClNO5. The molecule has 0 saturated carbocycles. The second kappa shape index (κ2) is 11.0. The molecule has 2 N–H and O–H groups in total. The average Bonchev–Trinajstić information content (AvgIpc) is 2.67. The Bertz CT molecular complexity index is 892. The molecule has 0 aliphatic rings. The minimum absolute atomic E-state index is 0.206. The number of ether oxygens (including phenoxy) is 1. The Morgan fingerprint density at radius 3 is 2.45 bits per heavy atom. The van der Waals surface area contributed by atoms with Crippen LogP contribution in [0.1, 0.15) is 18.9 Å². The van der Waals surface area contributed by atoms with E-state index in [9.17, 15) is 14.4 Å². The fourth-order valence-corrected chi connectivity index (χ4v) is 2.94. The fourth-order valence-electron chi connectivity index (χ4n) is 2.75. The van der Waals surface area contributed by atoms with Crippen LogP contribution in [0.5, 0.6) is 0 Å². The topological polar surface area (TPSA) is 92.7 Å². The van der Waals surface area contributed by atoms with Crippen LogP contribution in [0.2, 0.25) is 5.02 Å². The number of carbonyl (C=O) groups is 3. The summed E-state index contributed by atoms with van der Waals surface area (Å²) in [4.78, 5) is 34.4. The first-order valence-corrected chi connectivity index (χ1v) is 9.47. The Labute approximate surface area is 174 Å². The minimum atomic E-state index is -1.03. The lowest BCUT2D eigenvalue weighted by Crippen LogP contribution is -2.37. The van der Waals surface area contributed by atoms with Crippen LogP contribution in [0.15, 0.2) is 60.7 Å². The predicted molar refractivity (Wildman–Crippen MR) is 111 cm³/mol. The third kappa shape index (κ3) is 7.79. The maximum absolute atomic E-state index is 12.0. The van der Waals surface area contributed by atoms with E-state index in [1.807, 2.05) is 42.5 Å². The predicted octanol–water partition coefficient (Wildman–Crippen LogP) is 3.63. The van der Waals surface area contributed by atoms with Gasteiger partial charge in [-0.2, -0.15) is 0 Å². The molecule has 0 heterocycles. The maximum Gasteiger partial charge on any atom is 0.330 e. The van der Waals surface area contributed by atoms with Gasteiger partial charge in [-0.15, -0.1) is 0 Å². The number of esters is 1. The molecule has 0 aliphatic carbocycles. The molecule has 7 heteroatoms. The van der Waals surface area contributed by atoms with Crippen molar-refractivity contribution >= 4 is 29.4 Å². The fraction of sp³-hybridized carbons (Fsp3) is 0.227. The van der Waals surface area contributed by atoms with Crippen molar-refractivity contribution in [2.24, 2.45) is 0 Å². The molecule has 2 aromatic carbocycles. The molecule has 0 spiro atoms. The lowest BCUT2D eigenvalue weighted by molar-refractivity contribution is -0.138. The van der Waals surface area contributed by atoms with E-state index in [0.717, 1.165) is 28.8 Å². The van der Waals surface area contributed by atoms with Gasteiger partial charge in [0.2, 0.25) is 5.91 Å². The average molecular weight is 416 g/mol. The van der Waals surface area contributed by atoms with Gasteiger partial charge in [-0.05, 0) is 42.2 Å². The number of hydrogen-bond acceptors (Lipinski definition) is 4. The number of carbonyl (C=O) groups excluding carboxylic acids is 2. The summed E-state index contributed by atoms with van der Waals surface area (Å²) in [5, 5.41) is 12.4. The number of aliphatic carboxylic acids is 1. The van der Waals surface area contributed by atoms with E-state index < -0.39 is 23.9 Å². The molecule has 1 atom stereocenters. The van der Waals surface area contributed by atoms with Crippen LogP contribution in [0.25, 0.3) is 11.1 Å². The second-order valence-corrected chi connectivity index (χ2v) is 6.74. The van der Waals surface area contributed by atoms with Crippen molar-refractivity contribution in [3.05, 3.63) is 71.3 Å². The van der Waals surface area contributed by atoms with Gasteiger partial charge in [-0.3, -0.25) is 9.59 Å². The van der Waals surface area contributed by atoms with Crippen molar-refractivity contribution in [1.82, 2.24) is 5.32 Å². The number of halogens is 1. The highest BCUT2D eigenvalue weighted by molar-refractivity contribution is 6.30. The van der Waals surface area contributed by atoms with Gasteiger partial charge < -0.3 is 15.2 Å². The number of carboxylic acids is 1. The SMILES string of the molecule is CCOC(=O)/C=C/C(=O)N[C@@H](CC(=O)O)Cc1ccc(-c2cccc(Cl)c2)cc1. The summed E-state index contributed by atoms with van der Waals surface area (Å²) in [7, 11) is 0. The molecule has 0 fully saturated rings. The highest BCUT2D eigenvalue weighted by Crippen LogP contribution is 2.23. The second-order valence-electron chi connectivity index (χ2n) is 6.30. The van der Waals surface area contributed by atoms with E-state index in [4.69, 9.17) is 21.4 Å². The molecular weight excluding hydrogens is 394 g/mol. The standard InChI is InChI=1S/C22H22ClNO5/c1-2-29-22(28)11-10-20(25)24-19(14-21(26)27)12-15-6-8-16(9-7-15)17-4-3-5-18(23)13-17/h3-11,13,19H,2,12,14H2,1H3,(H,24,25)(H,26,27)/b11-10+/t19-/m1/s1. The van der Waals surface area contributed by atoms with Crippen molar-refractivity contribution in [2.75, 3.05) is 6.61 Å². The van der Waals surface area contributed by atoms with Gasteiger partial charge in [-0.25, -0.2) is 4.79 Å². The number of hydrogen-bond donors (Lipinski definition) is 2. The highest BCUT2D eigenvalue weighted by atomic mass is 35.5. The van der Waals surface area contributed by atoms with Crippen molar-refractivity contribution in [2.45, 2.75) is 25.8 Å². The monoisotopic (exact) mass is 415 g/mol. The Kier molecular flexibility index (Phi) is 8.43. The van der Waals surface area contributed by atoms with Gasteiger partial charge in [-0.1, -0.05) is 48.0 Å². The molecule has 0 saturated heterocycles. The lowest BCUT2D eigenvalue weighted by Gasteiger charge is -2.16. The molecule has 0 bridgehead atoms. The van der Waals surface area contributed by atoms with Crippen molar-refractivity contribution in [3.63, 3.8) is 0 Å². The molecule has 2 rings (SSSR count). The first-order valence-electron chi connectivity index (χ1n) is 9.09. The number of benzene rings is 2. The lowest BCUT2D eigenvalue weighted by atomic mass is 9.99. The van der Waals surface area contributed by atoms with Gasteiger partial charge in [0.15, 0.2) is 0 Å². The summed E-state index contributed by atoms with van der Waals surface area (Å²) >= 11 is 6.02. The zero-order chi connectivity index (χ0) is 21.2. The summed E-state index contributed by atoms with van der Waals surface area (Å²) in [6.07, 6.45) is 2.14. The van der Waals surface area contributed by atoms with Crippen LogP contribution in [0.4, 0.5) is 0 Å². The first-order chi connectivity index (χ1) is 13.9. The normalized spacial score (nSPS) is 11.8. The summed E-state index contributed by atoms with van der Waals surface area (Å²) < 4.78 is 4.70. The van der Waals surface area contributed by atoms with Crippen LogP contribution in [0.3, 0.4) is 0 Å². The number of amides is 1. The third-order valence-electron chi connectivity index (χ3n) is 4.02. The molecule has 29 heavy (non-hydrogen) atoms. The van der Waals surface area contributed by atoms with Gasteiger partial charge in [0.25, 0.3) is 0 Å². The molecule has 1 amide bonds. The smallest absolute Gasteiger partial charge is 0.330 e. The Balaban J connectivity index is 2.04. The van der Waals surface area contributed by atoms with Gasteiger partial charge in [0.05, 0.1) is 13.0 Å². The van der Waals surface area contributed by atoms with Crippen molar-refractivity contribution in [1.29, 1.82) is 0 Å². The van der Waals surface area contributed by atoms with E-state index in [2.05, 4.69) is 5.32 Å². The number of carboxylic acid groups (broad SMARTS) is 1. The first kappa shape index (κ1) is 22.2. The Morgan fingerprint density at radius 1 is 1.10 bits per heavy atom. The molecule has 152 valence electrons. The summed E-state index contributed by atoms with van der Waals surface area (Å²) in [5.74, 6) is -2.21. The van der Waals surface area contributed by atoms with Crippen LogP contribution in [-0.4, -0.2) is 35.6 Å². The number of nitrogens with one attached hydrogen (secondary N) is 1. The summed E-state index contributed by atoms with van der Waals surface area (Å²) in [6.45, 7) is 1.87. The quantitative estimate of drug-likeness (QED) is 0.482. The minimum Gasteiger partial charge on any atom is -0.481 e. The maximum atomic E-state index is 12.0. The highest BCUT2D eigenvalue weighted by Gasteiger charge is 2.16. The molecule has 0 aromatic heterocycles. The van der Waals surface area contributed by atoms with Crippen molar-refractivity contribution in [3.8, 4) is 11.1 Å². The molecule has 0 aliphatic heterocycles. The molecule has 6 nitrogen and oxygen atoms in total. The van der Waals surface area contributed by atoms with Gasteiger partial charge in [0, 0.05) is 23.2 Å². The Hall–Kier alpha value is -3.12. The van der Waals surface area contributed by atoms with Gasteiger partial charge >= 0.3 is 11.9 Å². The van der Waals surface area contributed by atoms with E-state index in [-0.39, 0.29) is 13.0 Å². The summed E-state index contributed by atoms with van der Waals surface area (Å²) in [5.41, 5.74) is 2.83. The largest absolute Gasteiger partial charge is 0.481 e. The van der Waals surface area contributed by atoms with E-state index in [1.54, 1.807) is 13.0 Å². The third-order valence-corrected chi connectivity index (χ3v) is 4.25. The van der Waals surface area contributed by atoms with Crippen LogP contribution >= 0.6 is 11.6 Å². The van der Waals surface area contributed by atoms with E-state index in [0.29, 0.717) is 11.4 Å². The molecule has 2 aromatic rings. The zero-order valence-corrected chi connectivity index (χ0v) is 16.7. The number of rotatable bonds is 9. The van der Waals surface area contributed by atoms with E-state index >= 15 is 0 Å².